The third kappa shape index (κ3) is 4.47. The molecule has 0 aromatic heterocycles. The second-order valence-electron chi connectivity index (χ2n) is 8.64. The number of ether oxygens (including phenoxy) is 3. The molecule has 1 aromatic carbocycles. The first-order valence-corrected chi connectivity index (χ1v) is 11.2. The highest BCUT2D eigenvalue weighted by molar-refractivity contribution is 5.80. The first kappa shape index (κ1) is 20.3. The molecule has 1 atom stereocenters. The molecule has 160 valence electrons. The van der Waals surface area contributed by atoms with Crippen LogP contribution in [0.4, 0.5) is 0 Å². The molecule has 4 rings (SSSR count). The molecule has 1 saturated heterocycles. The molecular formula is C23H35N3O3. The average Bonchev–Trinajstić information content (AvgIpc) is 3.41. The van der Waals surface area contributed by atoms with Crippen molar-refractivity contribution in [3.05, 3.63) is 23.8 Å². The van der Waals surface area contributed by atoms with Crippen LogP contribution in [0.2, 0.25) is 0 Å². The van der Waals surface area contributed by atoms with Crippen molar-refractivity contribution >= 4 is 5.96 Å². The summed E-state index contributed by atoms with van der Waals surface area (Å²) in [6, 6.07) is 6.49. The number of rotatable bonds is 6. The zero-order chi connectivity index (χ0) is 20.1. The maximum absolute atomic E-state index is 5.66. The number of fused-ring (bicyclic) bond motifs is 1. The van der Waals surface area contributed by atoms with Crippen LogP contribution < -0.4 is 14.8 Å². The monoisotopic (exact) mass is 401 g/mol. The standard InChI is InChI=1S/C23H35N3O3/c1-3-24-22(26-12-9-18(14-26)15-27-2)25-16-23(10-5-4-6-11-23)19-7-8-20-21(13-19)29-17-28-20/h7-8,13,18H,3-6,9-12,14-17H2,1-2H3,(H,24,25). The van der Waals surface area contributed by atoms with Gasteiger partial charge in [-0.2, -0.15) is 0 Å². The maximum atomic E-state index is 5.66. The highest BCUT2D eigenvalue weighted by atomic mass is 16.7. The molecule has 2 heterocycles. The molecule has 1 saturated carbocycles. The van der Waals surface area contributed by atoms with Gasteiger partial charge in [0.2, 0.25) is 6.79 Å². The van der Waals surface area contributed by atoms with Gasteiger partial charge in [-0.25, -0.2) is 0 Å². The van der Waals surface area contributed by atoms with Crippen LogP contribution in [0, 0.1) is 5.92 Å². The molecule has 0 radical (unpaired) electrons. The zero-order valence-corrected chi connectivity index (χ0v) is 17.9. The van der Waals surface area contributed by atoms with E-state index in [-0.39, 0.29) is 5.41 Å². The first-order chi connectivity index (χ1) is 14.2. The van der Waals surface area contributed by atoms with Crippen molar-refractivity contribution in [2.24, 2.45) is 10.9 Å². The van der Waals surface area contributed by atoms with Crippen LogP contribution >= 0.6 is 0 Å². The number of methoxy groups -OCH3 is 1. The smallest absolute Gasteiger partial charge is 0.231 e. The number of hydrogen-bond donors (Lipinski definition) is 1. The number of benzene rings is 1. The Morgan fingerprint density at radius 3 is 2.86 bits per heavy atom. The van der Waals surface area contributed by atoms with Gasteiger partial charge in [-0.1, -0.05) is 25.3 Å². The molecule has 2 fully saturated rings. The lowest BCUT2D eigenvalue weighted by molar-refractivity contribution is 0.157. The van der Waals surface area contributed by atoms with Crippen LogP contribution in [-0.2, 0) is 10.2 Å². The summed E-state index contributed by atoms with van der Waals surface area (Å²) in [4.78, 5) is 7.58. The molecule has 2 aliphatic heterocycles. The highest BCUT2D eigenvalue weighted by Crippen LogP contribution is 2.43. The molecule has 6 heteroatoms. The van der Waals surface area contributed by atoms with Crippen molar-refractivity contribution in [3.8, 4) is 11.5 Å². The second-order valence-corrected chi connectivity index (χ2v) is 8.64. The number of nitrogens with one attached hydrogen (secondary N) is 1. The van der Waals surface area contributed by atoms with Crippen LogP contribution in [0.25, 0.3) is 0 Å². The van der Waals surface area contributed by atoms with E-state index < -0.39 is 0 Å². The minimum Gasteiger partial charge on any atom is -0.454 e. The summed E-state index contributed by atoms with van der Waals surface area (Å²) in [5, 5.41) is 3.53. The molecule has 0 amide bonds. The summed E-state index contributed by atoms with van der Waals surface area (Å²) >= 11 is 0. The number of guanidine groups is 1. The topological polar surface area (TPSA) is 55.3 Å². The van der Waals surface area contributed by atoms with Crippen molar-refractivity contribution in [2.45, 2.75) is 50.9 Å². The molecule has 3 aliphatic rings. The summed E-state index contributed by atoms with van der Waals surface area (Å²) in [5.41, 5.74) is 1.44. The minimum absolute atomic E-state index is 0.0888. The van der Waals surface area contributed by atoms with E-state index in [9.17, 15) is 0 Å². The van der Waals surface area contributed by atoms with Gasteiger partial charge in [0.05, 0.1) is 13.2 Å². The van der Waals surface area contributed by atoms with Crippen LogP contribution in [0.5, 0.6) is 11.5 Å². The Morgan fingerprint density at radius 1 is 1.24 bits per heavy atom. The van der Waals surface area contributed by atoms with Gasteiger partial charge in [0, 0.05) is 38.1 Å². The second kappa shape index (κ2) is 9.24. The predicted octanol–water partition coefficient (Wildman–Crippen LogP) is 3.55. The Labute approximate surface area is 174 Å². The van der Waals surface area contributed by atoms with E-state index in [2.05, 4.69) is 35.3 Å². The highest BCUT2D eigenvalue weighted by Gasteiger charge is 2.35. The van der Waals surface area contributed by atoms with Gasteiger partial charge in [0.1, 0.15) is 0 Å². The van der Waals surface area contributed by atoms with Gasteiger partial charge in [-0.05, 0) is 43.9 Å². The summed E-state index contributed by atoms with van der Waals surface area (Å²) < 4.78 is 16.6. The van der Waals surface area contributed by atoms with E-state index in [1.807, 2.05) is 0 Å². The van der Waals surface area contributed by atoms with E-state index in [1.54, 1.807) is 7.11 Å². The fraction of sp³-hybridized carbons (Fsp3) is 0.696. The van der Waals surface area contributed by atoms with Gasteiger partial charge >= 0.3 is 0 Å². The van der Waals surface area contributed by atoms with Crippen molar-refractivity contribution < 1.29 is 14.2 Å². The molecule has 1 aromatic rings. The van der Waals surface area contributed by atoms with Crippen molar-refractivity contribution in [1.29, 1.82) is 0 Å². The van der Waals surface area contributed by atoms with Crippen molar-refractivity contribution in [2.75, 3.05) is 46.7 Å². The lowest BCUT2D eigenvalue weighted by Gasteiger charge is -2.37. The zero-order valence-electron chi connectivity index (χ0n) is 17.9. The van der Waals surface area contributed by atoms with Crippen LogP contribution in [-0.4, -0.2) is 57.5 Å². The molecular weight excluding hydrogens is 366 g/mol. The average molecular weight is 402 g/mol. The Balaban J connectivity index is 1.55. The number of hydrogen-bond acceptors (Lipinski definition) is 4. The van der Waals surface area contributed by atoms with Crippen molar-refractivity contribution in [3.63, 3.8) is 0 Å². The van der Waals surface area contributed by atoms with Gasteiger partial charge in [0.25, 0.3) is 0 Å². The summed E-state index contributed by atoms with van der Waals surface area (Å²) in [5.74, 6) is 3.39. The van der Waals surface area contributed by atoms with Crippen LogP contribution in [0.15, 0.2) is 23.2 Å². The Hall–Kier alpha value is -1.95. The van der Waals surface area contributed by atoms with Crippen LogP contribution in [0.3, 0.4) is 0 Å². The largest absolute Gasteiger partial charge is 0.454 e. The van der Waals surface area contributed by atoms with E-state index in [0.29, 0.717) is 12.7 Å². The molecule has 6 nitrogen and oxygen atoms in total. The van der Waals surface area contributed by atoms with Gasteiger partial charge in [-0.15, -0.1) is 0 Å². The summed E-state index contributed by atoms with van der Waals surface area (Å²) in [6.45, 7) is 7.09. The molecule has 29 heavy (non-hydrogen) atoms. The van der Waals surface area contributed by atoms with Gasteiger partial charge < -0.3 is 24.4 Å². The van der Waals surface area contributed by atoms with E-state index in [4.69, 9.17) is 19.2 Å². The van der Waals surface area contributed by atoms with Crippen LogP contribution in [0.1, 0.15) is 51.0 Å². The quantitative estimate of drug-likeness (QED) is 0.584. The fourth-order valence-electron chi connectivity index (χ4n) is 5.04. The number of nitrogens with zero attached hydrogens (tertiary/aromatic N) is 2. The Kier molecular flexibility index (Phi) is 6.48. The molecule has 1 N–H and O–H groups in total. The minimum atomic E-state index is 0.0888. The van der Waals surface area contributed by atoms with Crippen molar-refractivity contribution in [1.82, 2.24) is 10.2 Å². The normalized spacial score (nSPS) is 23.4. The van der Waals surface area contributed by atoms with Gasteiger partial charge in [0.15, 0.2) is 17.5 Å². The molecule has 1 unspecified atom stereocenters. The molecule has 0 bridgehead atoms. The Bertz CT molecular complexity index is 715. The van der Waals surface area contributed by atoms with E-state index >= 15 is 0 Å². The lowest BCUT2D eigenvalue weighted by atomic mass is 9.69. The third-order valence-corrected chi connectivity index (χ3v) is 6.65. The SMILES string of the molecule is CCNC(=NCC1(c2ccc3c(c2)OCO3)CCCCC1)N1CCC(COC)C1. The van der Waals surface area contributed by atoms with E-state index in [0.717, 1.165) is 50.2 Å². The predicted molar refractivity (Wildman–Crippen MR) is 115 cm³/mol. The fourth-order valence-corrected chi connectivity index (χ4v) is 5.04. The third-order valence-electron chi connectivity index (χ3n) is 6.65. The summed E-state index contributed by atoms with van der Waals surface area (Å²) in [6.07, 6.45) is 7.39. The molecule has 0 spiro atoms. The maximum Gasteiger partial charge on any atom is 0.231 e. The number of aliphatic imine (C=N–C) groups is 1. The van der Waals surface area contributed by atoms with E-state index in [1.165, 1.54) is 44.1 Å². The Morgan fingerprint density at radius 2 is 2.07 bits per heavy atom. The number of likely N-dealkylation sites (tertiary alicyclic amines) is 1. The first-order valence-electron chi connectivity index (χ1n) is 11.2. The summed E-state index contributed by atoms with van der Waals surface area (Å²) in [7, 11) is 1.79. The lowest BCUT2D eigenvalue weighted by Crippen LogP contribution is -2.42. The van der Waals surface area contributed by atoms with Gasteiger partial charge in [-0.3, -0.25) is 4.99 Å². The molecule has 1 aliphatic carbocycles.